The van der Waals surface area contributed by atoms with Gasteiger partial charge in [0.25, 0.3) is 0 Å². The summed E-state index contributed by atoms with van der Waals surface area (Å²) in [4.78, 5) is 29.1. The van der Waals surface area contributed by atoms with E-state index in [9.17, 15) is 9.59 Å². The van der Waals surface area contributed by atoms with Crippen LogP contribution in [0.5, 0.6) is 5.88 Å². The van der Waals surface area contributed by atoms with Gasteiger partial charge < -0.3 is 15.8 Å². The SMILES string of the molecule is Cl.NC1C(=O)C(=O)C1NC/C=C/COc1cc(CN2CCCCC2)ccn1. The van der Waals surface area contributed by atoms with Crippen LogP contribution in [0.1, 0.15) is 24.8 Å². The second-order valence-corrected chi connectivity index (χ2v) is 6.76. The molecule has 1 aromatic heterocycles. The number of halogens is 1. The van der Waals surface area contributed by atoms with E-state index in [4.69, 9.17) is 10.5 Å². The molecule has 0 bridgehead atoms. The first-order valence-electron chi connectivity index (χ1n) is 9.17. The van der Waals surface area contributed by atoms with Crippen molar-refractivity contribution in [2.45, 2.75) is 37.9 Å². The maximum absolute atomic E-state index is 11.3. The van der Waals surface area contributed by atoms with Crippen molar-refractivity contribution in [3.05, 3.63) is 36.0 Å². The minimum atomic E-state index is -0.709. The molecule has 0 radical (unpaired) electrons. The Balaban J connectivity index is 0.00000261. The Bertz CT molecular complexity index is 677. The molecule has 0 amide bonds. The molecular formula is C19H27ClN4O3. The molecule has 3 rings (SSSR count). The lowest BCUT2D eigenvalue weighted by atomic mass is 9.84. The molecule has 2 heterocycles. The summed E-state index contributed by atoms with van der Waals surface area (Å²) in [6, 6.07) is 2.75. The van der Waals surface area contributed by atoms with Crippen molar-refractivity contribution in [2.24, 2.45) is 5.73 Å². The number of nitrogens with one attached hydrogen (secondary N) is 1. The summed E-state index contributed by atoms with van der Waals surface area (Å²) in [6.45, 7) is 4.11. The largest absolute Gasteiger partial charge is 0.473 e. The van der Waals surface area contributed by atoms with Crippen LogP contribution in [-0.2, 0) is 16.1 Å². The van der Waals surface area contributed by atoms with E-state index in [2.05, 4.69) is 15.2 Å². The summed E-state index contributed by atoms with van der Waals surface area (Å²) < 4.78 is 5.65. The fourth-order valence-electron chi connectivity index (χ4n) is 3.24. The van der Waals surface area contributed by atoms with Gasteiger partial charge in [0.2, 0.25) is 17.4 Å². The normalized spacial score (nSPS) is 23.1. The van der Waals surface area contributed by atoms with E-state index in [1.807, 2.05) is 24.3 Å². The van der Waals surface area contributed by atoms with E-state index in [0.29, 0.717) is 19.0 Å². The lowest BCUT2D eigenvalue weighted by Gasteiger charge is -2.30. The molecule has 2 fully saturated rings. The Labute approximate surface area is 165 Å². The molecule has 7 nitrogen and oxygen atoms in total. The van der Waals surface area contributed by atoms with Gasteiger partial charge >= 0.3 is 0 Å². The molecule has 1 aliphatic carbocycles. The van der Waals surface area contributed by atoms with Crippen LogP contribution in [0.3, 0.4) is 0 Å². The minimum Gasteiger partial charge on any atom is -0.473 e. The fraction of sp³-hybridized carbons (Fsp3) is 0.526. The van der Waals surface area contributed by atoms with Crippen LogP contribution < -0.4 is 15.8 Å². The van der Waals surface area contributed by atoms with Gasteiger partial charge in [0.05, 0.1) is 12.1 Å². The Morgan fingerprint density at radius 1 is 1.22 bits per heavy atom. The van der Waals surface area contributed by atoms with Crippen LogP contribution in [0, 0.1) is 0 Å². The number of nitrogens with two attached hydrogens (primary N) is 1. The zero-order valence-electron chi connectivity index (χ0n) is 15.3. The second kappa shape index (κ2) is 10.5. The van der Waals surface area contributed by atoms with Gasteiger partial charge in [-0.1, -0.05) is 18.6 Å². The lowest BCUT2D eigenvalue weighted by molar-refractivity contribution is -0.146. The zero-order chi connectivity index (χ0) is 18.4. The molecule has 1 aromatic rings. The van der Waals surface area contributed by atoms with Crippen molar-refractivity contribution in [3.8, 4) is 5.88 Å². The number of rotatable bonds is 8. The molecule has 27 heavy (non-hydrogen) atoms. The Morgan fingerprint density at radius 2 is 2.00 bits per heavy atom. The number of Topliss-reactive ketones (excluding diaryl/α,β-unsaturated/α-hetero) is 2. The summed E-state index contributed by atoms with van der Waals surface area (Å²) in [6.07, 6.45) is 9.36. The van der Waals surface area contributed by atoms with E-state index in [1.165, 1.54) is 24.8 Å². The van der Waals surface area contributed by atoms with E-state index in [-0.39, 0.29) is 12.4 Å². The molecule has 2 aliphatic rings. The van der Waals surface area contributed by atoms with Gasteiger partial charge in [0, 0.05) is 25.4 Å². The molecule has 1 saturated heterocycles. The fourth-order valence-corrected chi connectivity index (χ4v) is 3.24. The van der Waals surface area contributed by atoms with Gasteiger partial charge in [-0.2, -0.15) is 0 Å². The molecule has 1 saturated carbocycles. The summed E-state index contributed by atoms with van der Waals surface area (Å²) in [5.74, 6) is -0.318. The Morgan fingerprint density at radius 3 is 2.74 bits per heavy atom. The van der Waals surface area contributed by atoms with Gasteiger partial charge in [-0.05, 0) is 37.6 Å². The third-order valence-corrected chi connectivity index (χ3v) is 4.79. The highest BCUT2D eigenvalue weighted by atomic mass is 35.5. The summed E-state index contributed by atoms with van der Waals surface area (Å²) >= 11 is 0. The number of ether oxygens (including phenoxy) is 1. The smallest absolute Gasteiger partial charge is 0.219 e. The monoisotopic (exact) mass is 394 g/mol. The highest BCUT2D eigenvalue weighted by Crippen LogP contribution is 2.15. The van der Waals surface area contributed by atoms with Crippen molar-refractivity contribution in [1.29, 1.82) is 0 Å². The predicted octanol–water partition coefficient (Wildman–Crippen LogP) is 0.862. The van der Waals surface area contributed by atoms with Crippen LogP contribution in [0.25, 0.3) is 0 Å². The topological polar surface area (TPSA) is 97.5 Å². The highest BCUT2D eigenvalue weighted by molar-refractivity contribution is 6.48. The minimum absolute atomic E-state index is 0. The number of likely N-dealkylation sites (tertiary alicyclic amines) is 1. The van der Waals surface area contributed by atoms with Crippen molar-refractivity contribution >= 4 is 24.0 Å². The third-order valence-electron chi connectivity index (χ3n) is 4.79. The first-order valence-corrected chi connectivity index (χ1v) is 9.17. The molecule has 0 spiro atoms. The number of hydrogen-bond acceptors (Lipinski definition) is 7. The third kappa shape index (κ3) is 5.84. The summed E-state index contributed by atoms with van der Waals surface area (Å²) in [5, 5.41) is 2.94. The summed E-state index contributed by atoms with van der Waals surface area (Å²) in [5.41, 5.74) is 6.77. The first kappa shape index (κ1) is 21.5. The van der Waals surface area contributed by atoms with Gasteiger partial charge in [0.15, 0.2) is 0 Å². The van der Waals surface area contributed by atoms with Gasteiger partial charge in [-0.25, -0.2) is 4.98 Å². The molecule has 148 valence electrons. The van der Waals surface area contributed by atoms with Crippen molar-refractivity contribution in [3.63, 3.8) is 0 Å². The van der Waals surface area contributed by atoms with Crippen LogP contribution in [0.4, 0.5) is 0 Å². The van der Waals surface area contributed by atoms with Gasteiger partial charge in [0.1, 0.15) is 6.61 Å². The number of piperidine rings is 1. The predicted molar refractivity (Wildman–Crippen MR) is 105 cm³/mol. The van der Waals surface area contributed by atoms with Gasteiger partial charge in [-0.15, -0.1) is 12.4 Å². The average molecular weight is 395 g/mol. The van der Waals surface area contributed by atoms with Crippen molar-refractivity contribution in [1.82, 2.24) is 15.2 Å². The molecule has 3 N–H and O–H groups in total. The molecule has 1 aliphatic heterocycles. The van der Waals surface area contributed by atoms with Crippen LogP contribution >= 0.6 is 12.4 Å². The number of ketones is 2. The lowest BCUT2D eigenvalue weighted by Crippen LogP contribution is -2.68. The molecule has 2 atom stereocenters. The van der Waals surface area contributed by atoms with Crippen molar-refractivity contribution < 1.29 is 14.3 Å². The molecule has 2 unspecified atom stereocenters. The number of carbonyl (C=O) groups excluding carboxylic acids is 2. The Hall–Kier alpha value is -1.80. The number of aromatic nitrogens is 1. The number of pyridine rings is 1. The van der Waals surface area contributed by atoms with E-state index >= 15 is 0 Å². The van der Waals surface area contributed by atoms with Crippen LogP contribution in [0.2, 0.25) is 0 Å². The van der Waals surface area contributed by atoms with E-state index in [1.54, 1.807) is 6.20 Å². The number of carbonyl (C=O) groups is 2. The van der Waals surface area contributed by atoms with Crippen LogP contribution in [0.15, 0.2) is 30.5 Å². The van der Waals surface area contributed by atoms with Crippen molar-refractivity contribution in [2.75, 3.05) is 26.2 Å². The molecular weight excluding hydrogens is 368 g/mol. The van der Waals surface area contributed by atoms with E-state index in [0.717, 1.165) is 19.6 Å². The second-order valence-electron chi connectivity index (χ2n) is 6.76. The van der Waals surface area contributed by atoms with E-state index < -0.39 is 23.7 Å². The number of nitrogens with zero attached hydrogens (tertiary/aromatic N) is 2. The Kier molecular flexibility index (Phi) is 8.37. The zero-order valence-corrected chi connectivity index (χ0v) is 16.1. The highest BCUT2D eigenvalue weighted by Gasteiger charge is 2.46. The van der Waals surface area contributed by atoms with Crippen LogP contribution in [-0.4, -0.2) is 59.8 Å². The average Bonchev–Trinajstić information content (AvgIpc) is 2.67. The van der Waals surface area contributed by atoms with Gasteiger partial charge in [-0.3, -0.25) is 14.5 Å². The molecule has 0 aromatic carbocycles. The maximum atomic E-state index is 11.3. The first-order chi connectivity index (χ1) is 12.6. The number of hydrogen-bond donors (Lipinski definition) is 2. The summed E-state index contributed by atoms with van der Waals surface area (Å²) in [7, 11) is 0. The quantitative estimate of drug-likeness (QED) is 0.498. The maximum Gasteiger partial charge on any atom is 0.219 e. The standard InChI is InChI=1S/C19H26N4O3.ClH/c20-16-17(19(25)18(16)24)22-7-2-5-11-26-15-12-14(6-8-21-15)13-23-9-3-1-4-10-23;/h2,5-6,8,12,16-17,22H,1,3-4,7,9-11,13,20H2;1H/b5-2+;. The molecule has 8 heteroatoms.